The number of thiophene rings is 1. The Balaban J connectivity index is 1.88. The van der Waals surface area contributed by atoms with E-state index < -0.39 is 0 Å². The topological polar surface area (TPSA) is 59.3 Å². The summed E-state index contributed by atoms with van der Waals surface area (Å²) in [6, 6.07) is 10.7. The number of ketones is 1. The fraction of sp³-hybridized carbons (Fsp3) is 0.0667. The molecular weight excluding hydrogens is 274 g/mol. The van der Waals surface area contributed by atoms with Crippen molar-refractivity contribution in [2.24, 2.45) is 0 Å². The Morgan fingerprint density at radius 3 is 3.05 bits per heavy atom. The van der Waals surface area contributed by atoms with Crippen LogP contribution in [0.25, 0.3) is 6.08 Å². The third kappa shape index (κ3) is 2.29. The van der Waals surface area contributed by atoms with Gasteiger partial charge in [-0.2, -0.15) is 5.26 Å². The first-order chi connectivity index (χ1) is 9.78. The number of nitriles is 1. The zero-order chi connectivity index (χ0) is 13.9. The SMILES string of the molecule is N#CCOc1ccc2c(c1)O/C(=C\c1cccs1)C2=O. The zero-order valence-electron chi connectivity index (χ0n) is 10.3. The van der Waals surface area contributed by atoms with Crippen LogP contribution in [0.5, 0.6) is 11.5 Å². The molecule has 1 aliphatic rings. The molecule has 1 aromatic heterocycles. The average molecular weight is 283 g/mol. The number of rotatable bonds is 3. The van der Waals surface area contributed by atoms with Crippen LogP contribution in [0.4, 0.5) is 0 Å². The van der Waals surface area contributed by atoms with Crippen molar-refractivity contribution in [3.63, 3.8) is 0 Å². The summed E-state index contributed by atoms with van der Waals surface area (Å²) < 4.78 is 10.8. The van der Waals surface area contributed by atoms with E-state index in [1.54, 1.807) is 24.3 Å². The van der Waals surface area contributed by atoms with Gasteiger partial charge in [0.25, 0.3) is 0 Å². The number of ether oxygens (including phenoxy) is 2. The smallest absolute Gasteiger partial charge is 0.232 e. The highest BCUT2D eigenvalue weighted by Gasteiger charge is 2.27. The summed E-state index contributed by atoms with van der Waals surface area (Å²) in [5.74, 6) is 1.14. The fourth-order valence-corrected chi connectivity index (χ4v) is 2.52. The van der Waals surface area contributed by atoms with Crippen molar-refractivity contribution >= 4 is 23.2 Å². The minimum absolute atomic E-state index is 0.0371. The average Bonchev–Trinajstić information content (AvgIpc) is 3.06. The molecule has 5 heteroatoms. The number of hydrogen-bond donors (Lipinski definition) is 0. The molecule has 0 N–H and O–H groups in total. The summed E-state index contributed by atoms with van der Waals surface area (Å²) in [4.78, 5) is 13.1. The highest BCUT2D eigenvalue weighted by atomic mass is 32.1. The van der Waals surface area contributed by atoms with Gasteiger partial charge in [0.2, 0.25) is 5.78 Å². The number of carbonyl (C=O) groups is 1. The Bertz CT molecular complexity index is 726. The first kappa shape index (κ1) is 12.5. The van der Waals surface area contributed by atoms with Crippen LogP contribution < -0.4 is 9.47 Å². The van der Waals surface area contributed by atoms with E-state index in [1.165, 1.54) is 11.3 Å². The van der Waals surface area contributed by atoms with Gasteiger partial charge in [0, 0.05) is 17.0 Å². The molecule has 4 nitrogen and oxygen atoms in total. The Morgan fingerprint density at radius 2 is 2.30 bits per heavy atom. The van der Waals surface area contributed by atoms with Gasteiger partial charge in [-0.15, -0.1) is 11.3 Å². The van der Waals surface area contributed by atoms with E-state index in [-0.39, 0.29) is 12.4 Å². The van der Waals surface area contributed by atoms with Crippen LogP contribution in [-0.4, -0.2) is 12.4 Å². The highest BCUT2D eigenvalue weighted by Crippen LogP contribution is 2.35. The molecule has 0 spiro atoms. The van der Waals surface area contributed by atoms with Gasteiger partial charge in [0.1, 0.15) is 17.6 Å². The Hall–Kier alpha value is -2.58. The van der Waals surface area contributed by atoms with E-state index in [2.05, 4.69) is 0 Å². The van der Waals surface area contributed by atoms with Crippen LogP contribution >= 0.6 is 11.3 Å². The first-order valence-electron chi connectivity index (χ1n) is 5.89. The van der Waals surface area contributed by atoms with Crippen molar-refractivity contribution in [3.05, 3.63) is 51.9 Å². The molecule has 1 aromatic carbocycles. The third-order valence-corrected chi connectivity index (χ3v) is 3.58. The van der Waals surface area contributed by atoms with E-state index in [1.807, 2.05) is 23.6 Å². The lowest BCUT2D eigenvalue weighted by Gasteiger charge is -2.02. The van der Waals surface area contributed by atoms with Crippen molar-refractivity contribution in [1.82, 2.24) is 0 Å². The molecule has 0 atom stereocenters. The first-order valence-corrected chi connectivity index (χ1v) is 6.77. The third-order valence-electron chi connectivity index (χ3n) is 2.76. The summed E-state index contributed by atoms with van der Waals surface area (Å²) in [6.07, 6.45) is 1.73. The molecule has 1 aliphatic heterocycles. The Labute approximate surface area is 119 Å². The second kappa shape index (κ2) is 5.19. The van der Waals surface area contributed by atoms with E-state index >= 15 is 0 Å². The molecular formula is C15H9NO3S. The van der Waals surface area contributed by atoms with Gasteiger partial charge >= 0.3 is 0 Å². The number of carbonyl (C=O) groups excluding carboxylic acids is 1. The normalized spacial score (nSPS) is 14.8. The second-order valence-electron chi connectivity index (χ2n) is 4.06. The van der Waals surface area contributed by atoms with Gasteiger partial charge in [0.05, 0.1) is 5.56 Å². The molecule has 0 saturated carbocycles. The summed E-state index contributed by atoms with van der Waals surface area (Å²) >= 11 is 1.54. The summed E-state index contributed by atoms with van der Waals surface area (Å²) in [5, 5.41) is 10.4. The van der Waals surface area contributed by atoms with Crippen molar-refractivity contribution in [1.29, 1.82) is 5.26 Å². The van der Waals surface area contributed by atoms with Crippen molar-refractivity contribution in [2.45, 2.75) is 0 Å². The lowest BCUT2D eigenvalue weighted by atomic mass is 10.1. The minimum atomic E-state index is -0.139. The lowest BCUT2D eigenvalue weighted by Crippen LogP contribution is -1.97. The predicted molar refractivity (Wildman–Crippen MR) is 74.8 cm³/mol. The van der Waals surface area contributed by atoms with Crippen LogP contribution in [0.1, 0.15) is 15.2 Å². The number of fused-ring (bicyclic) bond motifs is 1. The van der Waals surface area contributed by atoms with Gasteiger partial charge in [-0.25, -0.2) is 0 Å². The summed E-state index contributed by atoms with van der Waals surface area (Å²) in [6.45, 7) is -0.0371. The lowest BCUT2D eigenvalue weighted by molar-refractivity contribution is 0.101. The standard InChI is InChI=1S/C15H9NO3S/c16-5-6-18-10-3-4-12-13(8-10)19-14(15(12)17)9-11-2-1-7-20-11/h1-4,7-9H,6H2/b14-9-. The van der Waals surface area contributed by atoms with Crippen molar-refractivity contribution in [3.8, 4) is 17.6 Å². The predicted octanol–water partition coefficient (Wildman–Crippen LogP) is 3.27. The van der Waals surface area contributed by atoms with Crippen LogP contribution in [0, 0.1) is 11.3 Å². The van der Waals surface area contributed by atoms with Gasteiger partial charge in [0.15, 0.2) is 12.4 Å². The monoisotopic (exact) mass is 283 g/mol. The molecule has 0 amide bonds. The van der Waals surface area contributed by atoms with Crippen LogP contribution in [0.15, 0.2) is 41.5 Å². The number of hydrogen-bond acceptors (Lipinski definition) is 5. The number of allylic oxidation sites excluding steroid dienone is 1. The Kier molecular flexibility index (Phi) is 3.23. The molecule has 3 rings (SSSR count). The quantitative estimate of drug-likeness (QED) is 0.811. The summed E-state index contributed by atoms with van der Waals surface area (Å²) in [7, 11) is 0. The van der Waals surface area contributed by atoms with Crippen molar-refractivity contribution in [2.75, 3.05) is 6.61 Å². The molecule has 0 aliphatic carbocycles. The molecule has 0 saturated heterocycles. The van der Waals surface area contributed by atoms with E-state index in [4.69, 9.17) is 14.7 Å². The molecule has 98 valence electrons. The van der Waals surface area contributed by atoms with Crippen molar-refractivity contribution < 1.29 is 14.3 Å². The van der Waals surface area contributed by atoms with Gasteiger partial charge in [-0.05, 0) is 23.6 Å². The van der Waals surface area contributed by atoms with Crippen LogP contribution in [0.3, 0.4) is 0 Å². The van der Waals surface area contributed by atoms with Gasteiger partial charge in [-0.1, -0.05) is 6.07 Å². The Morgan fingerprint density at radius 1 is 1.40 bits per heavy atom. The molecule has 2 heterocycles. The van der Waals surface area contributed by atoms with Crippen LogP contribution in [-0.2, 0) is 0 Å². The summed E-state index contributed by atoms with van der Waals surface area (Å²) in [5.41, 5.74) is 0.511. The van der Waals surface area contributed by atoms with Crippen LogP contribution in [0.2, 0.25) is 0 Å². The molecule has 2 aromatic rings. The minimum Gasteiger partial charge on any atom is -0.479 e. The van der Waals surface area contributed by atoms with E-state index in [0.29, 0.717) is 22.8 Å². The molecule has 0 radical (unpaired) electrons. The molecule has 0 bridgehead atoms. The molecule has 20 heavy (non-hydrogen) atoms. The molecule has 0 fully saturated rings. The largest absolute Gasteiger partial charge is 0.479 e. The van der Waals surface area contributed by atoms with Gasteiger partial charge < -0.3 is 9.47 Å². The number of benzene rings is 1. The zero-order valence-corrected chi connectivity index (χ0v) is 11.1. The maximum Gasteiger partial charge on any atom is 0.232 e. The second-order valence-corrected chi connectivity index (χ2v) is 5.04. The maximum atomic E-state index is 12.2. The maximum absolute atomic E-state index is 12.2. The molecule has 0 unspecified atom stereocenters. The van der Waals surface area contributed by atoms with Gasteiger partial charge in [-0.3, -0.25) is 4.79 Å². The fourth-order valence-electron chi connectivity index (χ4n) is 1.88. The van der Waals surface area contributed by atoms with E-state index in [9.17, 15) is 4.79 Å². The highest BCUT2D eigenvalue weighted by molar-refractivity contribution is 7.10. The number of nitrogens with zero attached hydrogens (tertiary/aromatic N) is 1. The van der Waals surface area contributed by atoms with E-state index in [0.717, 1.165) is 4.88 Å². The number of Topliss-reactive ketones (excluding diaryl/α,β-unsaturated/α-hetero) is 1.